The van der Waals surface area contributed by atoms with Gasteiger partial charge in [-0.25, -0.2) is 5.43 Å². The number of hydrogen-bond donors (Lipinski definition) is 1. The molecule has 0 aliphatic heterocycles. The van der Waals surface area contributed by atoms with Crippen molar-refractivity contribution < 1.29 is 9.53 Å². The highest BCUT2D eigenvalue weighted by molar-refractivity contribution is 6.00. The zero-order valence-electron chi connectivity index (χ0n) is 11.3. The second kappa shape index (κ2) is 6.47. The molecule has 0 atom stereocenters. The Balaban J connectivity index is 2.04. The highest BCUT2D eigenvalue weighted by atomic mass is 16.5. The standard InChI is InChI=1S/C15H15N3O2/c1-11(13-4-3-9-16-10-13)17-18-15(19)12-5-7-14(20-2)8-6-12/h3-10H,1-2H3,(H,18,19)/b17-11-. The molecule has 1 aromatic heterocycles. The van der Waals surface area contributed by atoms with Crippen LogP contribution in [0.5, 0.6) is 5.75 Å². The lowest BCUT2D eigenvalue weighted by molar-refractivity contribution is 0.0955. The zero-order chi connectivity index (χ0) is 14.4. The summed E-state index contributed by atoms with van der Waals surface area (Å²) < 4.78 is 5.04. The van der Waals surface area contributed by atoms with Gasteiger partial charge in [0.15, 0.2) is 0 Å². The molecule has 5 nitrogen and oxygen atoms in total. The average molecular weight is 269 g/mol. The molecular weight excluding hydrogens is 254 g/mol. The van der Waals surface area contributed by atoms with Crippen LogP contribution in [-0.2, 0) is 0 Å². The average Bonchev–Trinajstić information content (AvgIpc) is 2.53. The summed E-state index contributed by atoms with van der Waals surface area (Å²) in [5.41, 5.74) is 4.59. The van der Waals surface area contributed by atoms with Gasteiger partial charge >= 0.3 is 0 Å². The van der Waals surface area contributed by atoms with E-state index in [1.807, 2.05) is 19.1 Å². The lowest BCUT2D eigenvalue weighted by atomic mass is 10.2. The van der Waals surface area contributed by atoms with Crippen LogP contribution >= 0.6 is 0 Å². The molecule has 2 rings (SSSR count). The van der Waals surface area contributed by atoms with Gasteiger partial charge in [-0.15, -0.1) is 0 Å². The second-order valence-electron chi connectivity index (χ2n) is 4.11. The normalized spacial score (nSPS) is 11.0. The number of carbonyl (C=O) groups is 1. The van der Waals surface area contributed by atoms with Crippen LogP contribution in [0.1, 0.15) is 22.8 Å². The summed E-state index contributed by atoms with van der Waals surface area (Å²) in [4.78, 5) is 15.9. The number of methoxy groups -OCH3 is 1. The Morgan fingerprint density at radius 1 is 1.20 bits per heavy atom. The predicted molar refractivity (Wildman–Crippen MR) is 76.9 cm³/mol. The molecule has 0 bridgehead atoms. The van der Waals surface area contributed by atoms with Crippen molar-refractivity contribution in [1.82, 2.24) is 10.4 Å². The molecule has 0 saturated carbocycles. The Morgan fingerprint density at radius 3 is 2.55 bits per heavy atom. The zero-order valence-corrected chi connectivity index (χ0v) is 11.3. The molecule has 0 aliphatic carbocycles. The molecule has 0 aliphatic rings. The molecule has 1 heterocycles. The van der Waals surface area contributed by atoms with E-state index in [1.165, 1.54) is 0 Å². The Morgan fingerprint density at radius 2 is 1.95 bits per heavy atom. The summed E-state index contributed by atoms with van der Waals surface area (Å²) in [6, 6.07) is 10.5. The van der Waals surface area contributed by atoms with Gasteiger partial charge in [0.05, 0.1) is 12.8 Å². The number of amides is 1. The Labute approximate surface area is 117 Å². The molecule has 0 saturated heterocycles. The minimum atomic E-state index is -0.268. The first-order chi connectivity index (χ1) is 9.70. The van der Waals surface area contributed by atoms with Crippen LogP contribution in [0.2, 0.25) is 0 Å². The van der Waals surface area contributed by atoms with E-state index in [0.717, 1.165) is 5.56 Å². The molecule has 102 valence electrons. The van der Waals surface area contributed by atoms with Crippen LogP contribution < -0.4 is 10.2 Å². The number of pyridine rings is 1. The maximum Gasteiger partial charge on any atom is 0.271 e. The third kappa shape index (κ3) is 3.41. The molecule has 5 heteroatoms. The number of benzene rings is 1. The maximum absolute atomic E-state index is 11.9. The smallest absolute Gasteiger partial charge is 0.271 e. The number of ether oxygens (including phenoxy) is 1. The molecule has 20 heavy (non-hydrogen) atoms. The maximum atomic E-state index is 11.9. The van der Waals surface area contributed by atoms with Crippen LogP contribution in [0.4, 0.5) is 0 Å². The first-order valence-corrected chi connectivity index (χ1v) is 6.10. The third-order valence-electron chi connectivity index (χ3n) is 2.76. The van der Waals surface area contributed by atoms with Gasteiger partial charge < -0.3 is 4.74 Å². The lowest BCUT2D eigenvalue weighted by Crippen LogP contribution is -2.19. The molecule has 0 radical (unpaired) electrons. The molecule has 2 aromatic rings. The molecule has 0 unspecified atom stereocenters. The predicted octanol–water partition coefficient (Wildman–Crippen LogP) is 2.24. The van der Waals surface area contributed by atoms with Gasteiger partial charge in [0.25, 0.3) is 5.91 Å². The Bertz CT molecular complexity index is 607. The van der Waals surface area contributed by atoms with E-state index >= 15 is 0 Å². The van der Waals surface area contributed by atoms with Gasteiger partial charge in [0, 0.05) is 23.5 Å². The number of hydrogen-bond acceptors (Lipinski definition) is 4. The summed E-state index contributed by atoms with van der Waals surface area (Å²) >= 11 is 0. The van der Waals surface area contributed by atoms with Crippen molar-refractivity contribution >= 4 is 11.6 Å². The number of aromatic nitrogens is 1. The van der Waals surface area contributed by atoms with Crippen molar-refractivity contribution in [3.63, 3.8) is 0 Å². The van der Waals surface area contributed by atoms with Crippen molar-refractivity contribution in [3.8, 4) is 5.75 Å². The number of hydrazone groups is 1. The summed E-state index contributed by atoms with van der Waals surface area (Å²) in [6.07, 6.45) is 3.38. The topological polar surface area (TPSA) is 63.6 Å². The van der Waals surface area contributed by atoms with Gasteiger partial charge in [-0.2, -0.15) is 5.10 Å². The first-order valence-electron chi connectivity index (χ1n) is 6.10. The summed E-state index contributed by atoms with van der Waals surface area (Å²) in [5, 5.41) is 4.06. The van der Waals surface area contributed by atoms with Gasteiger partial charge in [-0.3, -0.25) is 9.78 Å². The van der Waals surface area contributed by atoms with Crippen molar-refractivity contribution in [1.29, 1.82) is 0 Å². The van der Waals surface area contributed by atoms with E-state index in [9.17, 15) is 4.79 Å². The van der Waals surface area contributed by atoms with Gasteiger partial charge in [-0.05, 0) is 37.3 Å². The van der Waals surface area contributed by atoms with E-state index in [4.69, 9.17) is 4.74 Å². The van der Waals surface area contributed by atoms with E-state index in [2.05, 4.69) is 15.5 Å². The highest BCUT2D eigenvalue weighted by Gasteiger charge is 2.05. The van der Waals surface area contributed by atoms with Gasteiger partial charge in [0.2, 0.25) is 0 Å². The Hall–Kier alpha value is -2.69. The fraction of sp³-hybridized carbons (Fsp3) is 0.133. The van der Waals surface area contributed by atoms with Crippen LogP contribution in [0.3, 0.4) is 0 Å². The molecule has 1 amide bonds. The van der Waals surface area contributed by atoms with Gasteiger partial charge in [-0.1, -0.05) is 6.07 Å². The number of rotatable bonds is 4. The molecule has 0 spiro atoms. The Kier molecular flexibility index (Phi) is 4.44. The first kappa shape index (κ1) is 13.7. The van der Waals surface area contributed by atoms with Gasteiger partial charge in [0.1, 0.15) is 5.75 Å². The van der Waals surface area contributed by atoms with E-state index in [-0.39, 0.29) is 5.91 Å². The van der Waals surface area contributed by atoms with Crippen LogP contribution in [0.15, 0.2) is 53.9 Å². The van der Waals surface area contributed by atoms with Crippen molar-refractivity contribution in [2.75, 3.05) is 7.11 Å². The summed E-state index contributed by atoms with van der Waals surface area (Å²) in [7, 11) is 1.58. The minimum Gasteiger partial charge on any atom is -0.497 e. The lowest BCUT2D eigenvalue weighted by Gasteiger charge is -2.04. The van der Waals surface area contributed by atoms with E-state index in [1.54, 1.807) is 43.8 Å². The monoisotopic (exact) mass is 269 g/mol. The molecule has 1 aromatic carbocycles. The fourth-order valence-corrected chi connectivity index (χ4v) is 1.58. The third-order valence-corrected chi connectivity index (χ3v) is 2.76. The van der Waals surface area contributed by atoms with Crippen LogP contribution in [-0.4, -0.2) is 23.7 Å². The number of carbonyl (C=O) groups excluding carboxylic acids is 1. The van der Waals surface area contributed by atoms with Crippen LogP contribution in [0.25, 0.3) is 0 Å². The number of nitrogens with one attached hydrogen (secondary N) is 1. The summed E-state index contributed by atoms with van der Waals surface area (Å²) in [5.74, 6) is 0.437. The summed E-state index contributed by atoms with van der Waals surface area (Å²) in [6.45, 7) is 1.81. The fourth-order valence-electron chi connectivity index (χ4n) is 1.58. The molecule has 0 fully saturated rings. The van der Waals surface area contributed by atoms with E-state index in [0.29, 0.717) is 17.0 Å². The van der Waals surface area contributed by atoms with Crippen molar-refractivity contribution in [3.05, 3.63) is 59.9 Å². The van der Waals surface area contributed by atoms with Crippen LogP contribution in [0, 0.1) is 0 Å². The minimum absolute atomic E-state index is 0.268. The quantitative estimate of drug-likeness (QED) is 0.684. The molecule has 1 N–H and O–H groups in total. The van der Waals surface area contributed by atoms with E-state index < -0.39 is 0 Å². The van der Waals surface area contributed by atoms with Crippen molar-refractivity contribution in [2.24, 2.45) is 5.10 Å². The largest absolute Gasteiger partial charge is 0.497 e. The van der Waals surface area contributed by atoms with Crippen molar-refractivity contribution in [2.45, 2.75) is 6.92 Å². The highest BCUT2D eigenvalue weighted by Crippen LogP contribution is 2.11. The SMILES string of the molecule is COc1ccc(C(=O)N/N=C(/C)c2cccnc2)cc1. The second-order valence-corrected chi connectivity index (χ2v) is 4.11. The molecular formula is C15H15N3O2. The number of nitrogens with zero attached hydrogens (tertiary/aromatic N) is 2.